The Kier molecular flexibility index (Phi) is 6.04. The Balaban J connectivity index is 1.49. The Morgan fingerprint density at radius 2 is 1.71 bits per heavy atom. The number of aryl methyl sites for hydroxylation is 1. The maximum absolute atomic E-state index is 14.1. The summed E-state index contributed by atoms with van der Waals surface area (Å²) < 4.78 is 65.0. The molecule has 2 aliphatic rings. The van der Waals surface area contributed by atoms with Crippen LogP contribution < -0.4 is 14.4 Å². The monoisotopic (exact) mass is 437 g/mol. The lowest BCUT2D eigenvalue weighted by molar-refractivity contribution is -0.139. The summed E-state index contributed by atoms with van der Waals surface area (Å²) in [6, 6.07) is 9.37. The standard InChI is InChI=1S/C24H27F4NO2/c1-3-10-30-23-11-15(2)4-9-22(23)31-19-12-16-5-6-17(13-19)29(16)18-7-8-20(21(25)14-18)24(26,27)28/h4,7-9,11,14,16-17,19H,3,5-6,10,12-13H2,1-2H3/t16-,17+,19?. The van der Waals surface area contributed by atoms with Crippen molar-refractivity contribution in [2.45, 2.75) is 70.3 Å². The second-order valence-corrected chi connectivity index (χ2v) is 8.46. The zero-order chi connectivity index (χ0) is 22.2. The summed E-state index contributed by atoms with van der Waals surface area (Å²) in [5, 5.41) is 0. The first kappa shape index (κ1) is 21.8. The number of nitrogens with zero attached hydrogens (tertiary/aromatic N) is 1. The summed E-state index contributed by atoms with van der Waals surface area (Å²) in [6.45, 7) is 4.67. The summed E-state index contributed by atoms with van der Waals surface area (Å²) >= 11 is 0. The van der Waals surface area contributed by atoms with Gasteiger partial charge < -0.3 is 14.4 Å². The van der Waals surface area contributed by atoms with Crippen LogP contribution in [0, 0.1) is 12.7 Å². The average molecular weight is 437 g/mol. The third kappa shape index (κ3) is 4.60. The van der Waals surface area contributed by atoms with Crippen molar-refractivity contribution in [3.63, 3.8) is 0 Å². The number of piperidine rings is 1. The Morgan fingerprint density at radius 3 is 2.32 bits per heavy atom. The second-order valence-electron chi connectivity index (χ2n) is 8.46. The van der Waals surface area contributed by atoms with Crippen LogP contribution in [0.5, 0.6) is 11.5 Å². The minimum absolute atomic E-state index is 0.0141. The quantitative estimate of drug-likeness (QED) is 0.480. The fourth-order valence-electron chi connectivity index (χ4n) is 4.76. The zero-order valence-electron chi connectivity index (χ0n) is 17.7. The molecule has 2 aromatic carbocycles. The third-order valence-electron chi connectivity index (χ3n) is 6.10. The van der Waals surface area contributed by atoms with E-state index in [0.29, 0.717) is 12.3 Å². The highest BCUT2D eigenvalue weighted by Crippen LogP contribution is 2.43. The van der Waals surface area contributed by atoms with E-state index in [-0.39, 0.29) is 18.2 Å². The number of hydrogen-bond acceptors (Lipinski definition) is 3. The molecule has 168 valence electrons. The summed E-state index contributed by atoms with van der Waals surface area (Å²) in [6.07, 6.45) is -0.492. The van der Waals surface area contributed by atoms with Crippen molar-refractivity contribution in [2.24, 2.45) is 0 Å². The maximum Gasteiger partial charge on any atom is 0.419 e. The fraction of sp³-hybridized carbons (Fsp3) is 0.500. The van der Waals surface area contributed by atoms with E-state index in [4.69, 9.17) is 9.47 Å². The van der Waals surface area contributed by atoms with Gasteiger partial charge in [-0.3, -0.25) is 0 Å². The van der Waals surface area contributed by atoms with Crippen molar-refractivity contribution in [1.29, 1.82) is 0 Å². The summed E-state index contributed by atoms with van der Waals surface area (Å²) in [7, 11) is 0. The van der Waals surface area contributed by atoms with E-state index in [0.717, 1.165) is 61.3 Å². The molecule has 0 radical (unpaired) electrons. The van der Waals surface area contributed by atoms with Gasteiger partial charge >= 0.3 is 6.18 Å². The molecule has 2 aliphatic heterocycles. The Hall–Kier alpha value is -2.44. The van der Waals surface area contributed by atoms with Gasteiger partial charge in [-0.25, -0.2) is 4.39 Å². The van der Waals surface area contributed by atoms with Gasteiger partial charge in [-0.05, 0) is 62.1 Å². The fourth-order valence-corrected chi connectivity index (χ4v) is 4.76. The molecule has 1 unspecified atom stereocenters. The van der Waals surface area contributed by atoms with Crippen LogP contribution in [0.15, 0.2) is 36.4 Å². The molecule has 7 heteroatoms. The largest absolute Gasteiger partial charge is 0.490 e. The zero-order valence-corrected chi connectivity index (χ0v) is 17.7. The Labute approximate surface area is 180 Å². The van der Waals surface area contributed by atoms with Crippen molar-refractivity contribution in [2.75, 3.05) is 11.5 Å². The molecule has 2 saturated heterocycles. The highest BCUT2D eigenvalue weighted by Gasteiger charge is 2.42. The normalized spacial score (nSPS) is 23.2. The van der Waals surface area contributed by atoms with Gasteiger partial charge in [0, 0.05) is 30.6 Å². The molecule has 0 amide bonds. The molecule has 31 heavy (non-hydrogen) atoms. The first-order valence-electron chi connectivity index (χ1n) is 10.8. The van der Waals surface area contributed by atoms with Crippen molar-refractivity contribution in [3.05, 3.63) is 53.3 Å². The molecule has 3 atom stereocenters. The number of anilines is 1. The Bertz CT molecular complexity index is 916. The van der Waals surface area contributed by atoms with Gasteiger partial charge in [-0.2, -0.15) is 13.2 Å². The molecule has 0 aromatic heterocycles. The smallest absolute Gasteiger partial charge is 0.419 e. The molecular formula is C24H27F4NO2. The summed E-state index contributed by atoms with van der Waals surface area (Å²) in [5.74, 6) is 0.235. The molecule has 3 nitrogen and oxygen atoms in total. The average Bonchev–Trinajstić information content (AvgIpc) is 2.97. The lowest BCUT2D eigenvalue weighted by atomic mass is 9.98. The van der Waals surface area contributed by atoms with Crippen LogP contribution in [-0.2, 0) is 6.18 Å². The summed E-state index contributed by atoms with van der Waals surface area (Å²) in [4.78, 5) is 2.08. The molecule has 0 spiro atoms. The minimum Gasteiger partial charge on any atom is -0.490 e. The van der Waals surface area contributed by atoms with Gasteiger partial charge in [0.05, 0.1) is 12.2 Å². The molecule has 2 fully saturated rings. The molecule has 0 saturated carbocycles. The van der Waals surface area contributed by atoms with Gasteiger partial charge in [0.2, 0.25) is 0 Å². The second kappa shape index (κ2) is 8.60. The van der Waals surface area contributed by atoms with E-state index in [1.807, 2.05) is 32.0 Å². The highest BCUT2D eigenvalue weighted by molar-refractivity contribution is 5.52. The van der Waals surface area contributed by atoms with Crippen molar-refractivity contribution < 1.29 is 27.0 Å². The molecule has 4 rings (SSSR count). The van der Waals surface area contributed by atoms with E-state index in [9.17, 15) is 17.6 Å². The maximum atomic E-state index is 14.1. The molecule has 2 heterocycles. The van der Waals surface area contributed by atoms with E-state index >= 15 is 0 Å². The lowest BCUT2D eigenvalue weighted by Gasteiger charge is -2.40. The van der Waals surface area contributed by atoms with Crippen LogP contribution in [-0.4, -0.2) is 24.8 Å². The first-order chi connectivity index (χ1) is 14.8. The van der Waals surface area contributed by atoms with Crippen LogP contribution in [0.3, 0.4) is 0 Å². The minimum atomic E-state index is -4.69. The van der Waals surface area contributed by atoms with E-state index in [1.165, 1.54) is 6.07 Å². The number of benzene rings is 2. The van der Waals surface area contributed by atoms with Gasteiger partial charge in [-0.1, -0.05) is 13.0 Å². The van der Waals surface area contributed by atoms with Gasteiger partial charge in [0.15, 0.2) is 11.5 Å². The van der Waals surface area contributed by atoms with Crippen LogP contribution >= 0.6 is 0 Å². The van der Waals surface area contributed by atoms with Crippen LogP contribution in [0.2, 0.25) is 0 Å². The third-order valence-corrected chi connectivity index (χ3v) is 6.10. The highest BCUT2D eigenvalue weighted by atomic mass is 19.4. The van der Waals surface area contributed by atoms with Crippen molar-refractivity contribution in [1.82, 2.24) is 0 Å². The number of hydrogen-bond donors (Lipinski definition) is 0. The van der Waals surface area contributed by atoms with Crippen molar-refractivity contribution >= 4 is 5.69 Å². The van der Waals surface area contributed by atoms with Crippen LogP contribution in [0.1, 0.15) is 50.2 Å². The van der Waals surface area contributed by atoms with E-state index < -0.39 is 17.6 Å². The first-order valence-corrected chi connectivity index (χ1v) is 10.8. The number of ether oxygens (including phenoxy) is 2. The predicted molar refractivity (Wildman–Crippen MR) is 111 cm³/mol. The lowest BCUT2D eigenvalue weighted by Crippen LogP contribution is -2.46. The molecule has 2 aromatic rings. The molecule has 0 aliphatic carbocycles. The Morgan fingerprint density at radius 1 is 1.00 bits per heavy atom. The molecular weight excluding hydrogens is 410 g/mol. The van der Waals surface area contributed by atoms with E-state index in [2.05, 4.69) is 4.90 Å². The van der Waals surface area contributed by atoms with Gasteiger partial charge in [-0.15, -0.1) is 0 Å². The van der Waals surface area contributed by atoms with Gasteiger partial charge in [0.1, 0.15) is 11.9 Å². The van der Waals surface area contributed by atoms with Crippen LogP contribution in [0.25, 0.3) is 0 Å². The molecule has 0 N–H and O–H groups in total. The van der Waals surface area contributed by atoms with Gasteiger partial charge in [0.25, 0.3) is 0 Å². The topological polar surface area (TPSA) is 21.7 Å². The molecule has 2 bridgehead atoms. The van der Waals surface area contributed by atoms with Crippen molar-refractivity contribution in [3.8, 4) is 11.5 Å². The number of alkyl halides is 3. The van der Waals surface area contributed by atoms with E-state index in [1.54, 1.807) is 0 Å². The number of rotatable bonds is 6. The predicted octanol–water partition coefficient (Wildman–Crippen LogP) is 6.52. The SMILES string of the molecule is CCCOc1cc(C)ccc1OC1C[C@H]2CC[C@@H](C1)N2c1ccc(C(F)(F)F)c(F)c1. The summed E-state index contributed by atoms with van der Waals surface area (Å²) in [5.41, 5.74) is 0.386. The number of halogens is 4. The number of fused-ring (bicyclic) bond motifs is 2. The van der Waals surface area contributed by atoms with Crippen LogP contribution in [0.4, 0.5) is 23.2 Å².